The van der Waals surface area contributed by atoms with Crippen LogP contribution in [0.1, 0.15) is 47.0 Å². The average Bonchev–Trinajstić information content (AvgIpc) is 2.47. The van der Waals surface area contributed by atoms with E-state index in [-0.39, 0.29) is 5.54 Å². The molecule has 1 atom stereocenters. The van der Waals surface area contributed by atoms with Gasteiger partial charge >= 0.3 is 0 Å². The Hall–Kier alpha value is -0.730. The minimum absolute atomic E-state index is 0.0645. The van der Waals surface area contributed by atoms with Crippen LogP contribution in [0.15, 0.2) is 4.99 Å². The lowest BCUT2D eigenvalue weighted by atomic mass is 10.1. The van der Waals surface area contributed by atoms with Crippen LogP contribution in [0.4, 0.5) is 0 Å². The third-order valence-corrected chi connectivity index (χ3v) is 2.59. The fraction of sp³-hybridized carbons (Fsp3) is 0.909. The highest BCUT2D eigenvalue weighted by Crippen LogP contribution is 2.20. The summed E-state index contributed by atoms with van der Waals surface area (Å²) in [5, 5.41) is 0. The summed E-state index contributed by atoms with van der Waals surface area (Å²) < 4.78 is 0. The zero-order valence-electron chi connectivity index (χ0n) is 9.88. The summed E-state index contributed by atoms with van der Waals surface area (Å²) >= 11 is 0. The Labute approximate surface area is 87.4 Å². The molecule has 1 aliphatic rings. The molecule has 14 heavy (non-hydrogen) atoms. The van der Waals surface area contributed by atoms with E-state index < -0.39 is 0 Å². The molecule has 3 heteroatoms. The fourth-order valence-corrected chi connectivity index (χ4v) is 1.97. The molecule has 0 aromatic heterocycles. The molecule has 0 aromatic carbocycles. The summed E-state index contributed by atoms with van der Waals surface area (Å²) in [4.78, 5) is 6.77. The largest absolute Gasteiger partial charge is 0.370 e. The second-order valence-corrected chi connectivity index (χ2v) is 5.04. The molecule has 1 fully saturated rings. The van der Waals surface area contributed by atoms with E-state index in [0.29, 0.717) is 6.04 Å². The standard InChI is InChI=1S/C11H23N3/c1-5-9-7-6-8-14(9)10(12)13-11(2,3)4/h9H,5-8H2,1-4H3,(H2,12,13). The number of guanidine groups is 1. The molecule has 3 nitrogen and oxygen atoms in total. The topological polar surface area (TPSA) is 41.6 Å². The number of nitrogens with zero attached hydrogens (tertiary/aromatic N) is 2. The van der Waals surface area contributed by atoms with Crippen molar-refractivity contribution in [1.82, 2.24) is 4.90 Å². The number of rotatable bonds is 1. The van der Waals surface area contributed by atoms with E-state index in [0.717, 1.165) is 12.5 Å². The van der Waals surface area contributed by atoms with Gasteiger partial charge < -0.3 is 10.6 Å². The normalized spacial score (nSPS) is 24.4. The van der Waals surface area contributed by atoms with Crippen LogP contribution in [0.5, 0.6) is 0 Å². The fourth-order valence-electron chi connectivity index (χ4n) is 1.97. The molecule has 1 unspecified atom stereocenters. The maximum atomic E-state index is 6.01. The first kappa shape index (κ1) is 11.3. The van der Waals surface area contributed by atoms with Gasteiger partial charge in [-0.3, -0.25) is 0 Å². The Bertz CT molecular complexity index is 215. The zero-order chi connectivity index (χ0) is 10.8. The van der Waals surface area contributed by atoms with E-state index in [1.54, 1.807) is 0 Å². The van der Waals surface area contributed by atoms with Crippen LogP contribution < -0.4 is 5.73 Å². The van der Waals surface area contributed by atoms with Crippen molar-refractivity contribution in [3.63, 3.8) is 0 Å². The van der Waals surface area contributed by atoms with Gasteiger partial charge in [-0.15, -0.1) is 0 Å². The molecule has 1 saturated heterocycles. The Morgan fingerprint density at radius 3 is 2.64 bits per heavy atom. The summed E-state index contributed by atoms with van der Waals surface area (Å²) in [5.74, 6) is 0.724. The van der Waals surface area contributed by atoms with E-state index >= 15 is 0 Å². The Kier molecular flexibility index (Phi) is 3.40. The van der Waals surface area contributed by atoms with E-state index in [4.69, 9.17) is 5.73 Å². The summed E-state index contributed by atoms with van der Waals surface area (Å²) in [7, 11) is 0. The van der Waals surface area contributed by atoms with E-state index in [2.05, 4.69) is 37.6 Å². The second kappa shape index (κ2) is 4.20. The van der Waals surface area contributed by atoms with Gasteiger partial charge in [0.2, 0.25) is 0 Å². The van der Waals surface area contributed by atoms with Gasteiger partial charge in [-0.1, -0.05) is 6.92 Å². The third kappa shape index (κ3) is 2.89. The summed E-state index contributed by atoms with van der Waals surface area (Å²) in [6.07, 6.45) is 3.68. The first-order valence-corrected chi connectivity index (χ1v) is 5.56. The second-order valence-electron chi connectivity index (χ2n) is 5.04. The molecule has 1 rings (SSSR count). The minimum atomic E-state index is -0.0645. The molecular formula is C11H23N3. The third-order valence-electron chi connectivity index (χ3n) is 2.59. The molecule has 0 saturated carbocycles. The van der Waals surface area contributed by atoms with Gasteiger partial charge in [0.1, 0.15) is 0 Å². The van der Waals surface area contributed by atoms with Crippen molar-refractivity contribution < 1.29 is 0 Å². The van der Waals surface area contributed by atoms with Crippen molar-refractivity contribution in [3.05, 3.63) is 0 Å². The van der Waals surface area contributed by atoms with Gasteiger partial charge in [0.25, 0.3) is 0 Å². The van der Waals surface area contributed by atoms with Crippen molar-refractivity contribution in [2.24, 2.45) is 10.7 Å². The lowest BCUT2D eigenvalue weighted by Crippen LogP contribution is -2.42. The van der Waals surface area contributed by atoms with Crippen LogP contribution in [-0.4, -0.2) is 29.0 Å². The van der Waals surface area contributed by atoms with Gasteiger partial charge in [-0.2, -0.15) is 0 Å². The summed E-state index contributed by atoms with van der Waals surface area (Å²) in [5.41, 5.74) is 5.94. The molecule has 0 aliphatic carbocycles. The van der Waals surface area contributed by atoms with Crippen molar-refractivity contribution in [2.45, 2.75) is 58.5 Å². The van der Waals surface area contributed by atoms with E-state index in [1.165, 1.54) is 19.3 Å². The van der Waals surface area contributed by atoms with E-state index in [9.17, 15) is 0 Å². The maximum absolute atomic E-state index is 6.01. The molecule has 0 spiro atoms. The highest BCUT2D eigenvalue weighted by atomic mass is 15.3. The monoisotopic (exact) mass is 197 g/mol. The number of hydrogen-bond acceptors (Lipinski definition) is 1. The van der Waals surface area contributed by atoms with Crippen LogP contribution >= 0.6 is 0 Å². The summed E-state index contributed by atoms with van der Waals surface area (Å²) in [6.45, 7) is 9.53. The smallest absolute Gasteiger partial charge is 0.192 e. The zero-order valence-corrected chi connectivity index (χ0v) is 9.88. The molecule has 0 bridgehead atoms. The van der Waals surface area contributed by atoms with Crippen molar-refractivity contribution in [1.29, 1.82) is 0 Å². The van der Waals surface area contributed by atoms with Crippen LogP contribution in [-0.2, 0) is 0 Å². The first-order valence-electron chi connectivity index (χ1n) is 5.56. The van der Waals surface area contributed by atoms with Gasteiger partial charge in [0, 0.05) is 12.6 Å². The number of aliphatic imine (C=N–C) groups is 1. The predicted molar refractivity (Wildman–Crippen MR) is 61.4 cm³/mol. The number of hydrogen-bond donors (Lipinski definition) is 1. The quantitative estimate of drug-likeness (QED) is 0.516. The highest BCUT2D eigenvalue weighted by molar-refractivity contribution is 5.79. The van der Waals surface area contributed by atoms with Crippen LogP contribution in [0, 0.1) is 0 Å². The van der Waals surface area contributed by atoms with Gasteiger partial charge in [-0.25, -0.2) is 4.99 Å². The molecular weight excluding hydrogens is 174 g/mol. The van der Waals surface area contributed by atoms with Crippen molar-refractivity contribution in [3.8, 4) is 0 Å². The summed E-state index contributed by atoms with van der Waals surface area (Å²) in [6, 6.07) is 0.612. The first-order chi connectivity index (χ1) is 6.44. The van der Waals surface area contributed by atoms with Gasteiger partial charge in [0.15, 0.2) is 5.96 Å². The molecule has 82 valence electrons. The molecule has 1 heterocycles. The SMILES string of the molecule is CCC1CCCN1C(N)=NC(C)(C)C. The highest BCUT2D eigenvalue weighted by Gasteiger charge is 2.25. The maximum Gasteiger partial charge on any atom is 0.192 e. The predicted octanol–water partition coefficient (Wildman–Crippen LogP) is 1.97. The Morgan fingerprint density at radius 1 is 1.50 bits per heavy atom. The van der Waals surface area contributed by atoms with Crippen LogP contribution in [0.2, 0.25) is 0 Å². The van der Waals surface area contributed by atoms with Crippen molar-refractivity contribution in [2.75, 3.05) is 6.54 Å². The molecule has 1 aliphatic heterocycles. The van der Waals surface area contributed by atoms with Crippen LogP contribution in [0.3, 0.4) is 0 Å². The lowest BCUT2D eigenvalue weighted by Gasteiger charge is -2.26. The Balaban J connectivity index is 2.68. The van der Waals surface area contributed by atoms with Gasteiger partial charge in [0.05, 0.1) is 5.54 Å². The van der Waals surface area contributed by atoms with E-state index in [1.807, 2.05) is 0 Å². The Morgan fingerprint density at radius 2 is 2.14 bits per heavy atom. The molecule has 2 N–H and O–H groups in total. The molecule has 0 amide bonds. The molecule has 0 radical (unpaired) electrons. The average molecular weight is 197 g/mol. The minimum Gasteiger partial charge on any atom is -0.370 e. The molecule has 0 aromatic rings. The lowest BCUT2D eigenvalue weighted by molar-refractivity contribution is 0.369. The van der Waals surface area contributed by atoms with Crippen molar-refractivity contribution >= 4 is 5.96 Å². The van der Waals surface area contributed by atoms with Crippen LogP contribution in [0.25, 0.3) is 0 Å². The number of likely N-dealkylation sites (tertiary alicyclic amines) is 1. The van der Waals surface area contributed by atoms with Gasteiger partial charge in [-0.05, 0) is 40.0 Å². The number of nitrogens with two attached hydrogens (primary N) is 1.